The number of carbonyl (C=O) groups excluding carboxylic acids is 1. The van der Waals surface area contributed by atoms with Crippen LogP contribution in [0.15, 0.2) is 30.3 Å². The molecule has 6 heteroatoms. The monoisotopic (exact) mass is 344 g/mol. The molecule has 0 saturated heterocycles. The lowest BCUT2D eigenvalue weighted by atomic mass is 9.94. The van der Waals surface area contributed by atoms with E-state index < -0.39 is 0 Å². The first kappa shape index (κ1) is 21.9. The average molecular weight is 345 g/mol. The number of carbonyl (C=O) groups is 1. The molecule has 1 aromatic carbocycles. The van der Waals surface area contributed by atoms with Gasteiger partial charge in [0, 0.05) is 40.0 Å². The molecule has 2 N–H and O–H groups in total. The SMILES string of the molecule is COCCCN(CCOC)C(=O)C(C)C(N)c1ccccc1.Cl. The van der Waals surface area contributed by atoms with Crippen LogP contribution in [-0.2, 0) is 14.3 Å². The van der Waals surface area contributed by atoms with Crippen molar-refractivity contribution in [1.29, 1.82) is 0 Å². The molecular weight excluding hydrogens is 316 g/mol. The predicted octanol–water partition coefficient (Wildman–Crippen LogP) is 2.26. The van der Waals surface area contributed by atoms with E-state index >= 15 is 0 Å². The number of rotatable bonds is 10. The Morgan fingerprint density at radius 2 is 1.74 bits per heavy atom. The second-order valence-corrected chi connectivity index (χ2v) is 5.39. The highest BCUT2D eigenvalue weighted by Gasteiger charge is 2.26. The molecule has 132 valence electrons. The molecule has 0 aromatic heterocycles. The van der Waals surface area contributed by atoms with E-state index in [0.717, 1.165) is 12.0 Å². The number of ether oxygens (including phenoxy) is 2. The smallest absolute Gasteiger partial charge is 0.227 e. The van der Waals surface area contributed by atoms with Crippen molar-refractivity contribution >= 4 is 18.3 Å². The van der Waals surface area contributed by atoms with Gasteiger partial charge in [0.25, 0.3) is 0 Å². The van der Waals surface area contributed by atoms with Gasteiger partial charge in [-0.25, -0.2) is 0 Å². The normalized spacial score (nSPS) is 13.0. The fraction of sp³-hybridized carbons (Fsp3) is 0.588. The van der Waals surface area contributed by atoms with Crippen molar-refractivity contribution in [2.45, 2.75) is 19.4 Å². The summed E-state index contributed by atoms with van der Waals surface area (Å²) in [4.78, 5) is 14.5. The highest BCUT2D eigenvalue weighted by molar-refractivity contribution is 5.85. The van der Waals surface area contributed by atoms with Crippen molar-refractivity contribution in [1.82, 2.24) is 4.90 Å². The van der Waals surface area contributed by atoms with Crippen molar-refractivity contribution in [3.63, 3.8) is 0 Å². The summed E-state index contributed by atoms with van der Waals surface area (Å²) >= 11 is 0. The molecule has 2 atom stereocenters. The van der Waals surface area contributed by atoms with Crippen molar-refractivity contribution in [2.75, 3.05) is 40.5 Å². The fourth-order valence-corrected chi connectivity index (χ4v) is 2.34. The van der Waals surface area contributed by atoms with Crippen LogP contribution in [-0.4, -0.2) is 51.3 Å². The molecule has 23 heavy (non-hydrogen) atoms. The zero-order valence-electron chi connectivity index (χ0n) is 14.2. The second-order valence-electron chi connectivity index (χ2n) is 5.39. The van der Waals surface area contributed by atoms with E-state index in [1.165, 1.54) is 0 Å². The summed E-state index contributed by atoms with van der Waals surface area (Å²) in [6.45, 7) is 4.27. The Labute approximate surface area is 145 Å². The van der Waals surface area contributed by atoms with Gasteiger partial charge in [-0.05, 0) is 12.0 Å². The first-order valence-corrected chi connectivity index (χ1v) is 7.69. The third-order valence-electron chi connectivity index (χ3n) is 3.77. The lowest BCUT2D eigenvalue weighted by Gasteiger charge is -2.28. The molecule has 0 heterocycles. The molecule has 1 aromatic rings. The minimum Gasteiger partial charge on any atom is -0.385 e. The van der Waals surface area contributed by atoms with Gasteiger partial charge in [-0.3, -0.25) is 4.79 Å². The first-order valence-electron chi connectivity index (χ1n) is 7.69. The third kappa shape index (κ3) is 7.31. The summed E-state index contributed by atoms with van der Waals surface area (Å²) < 4.78 is 10.2. The Bertz CT molecular complexity index is 431. The van der Waals surface area contributed by atoms with E-state index in [0.29, 0.717) is 26.3 Å². The predicted molar refractivity (Wildman–Crippen MR) is 94.7 cm³/mol. The molecule has 2 unspecified atom stereocenters. The molecule has 0 aliphatic rings. The number of nitrogens with two attached hydrogens (primary N) is 1. The first-order chi connectivity index (χ1) is 10.6. The number of nitrogens with zero attached hydrogens (tertiary/aromatic N) is 1. The summed E-state index contributed by atoms with van der Waals surface area (Å²) in [6, 6.07) is 9.43. The maximum atomic E-state index is 12.7. The van der Waals surface area contributed by atoms with E-state index in [-0.39, 0.29) is 30.3 Å². The second kappa shape index (κ2) is 12.3. The summed E-state index contributed by atoms with van der Waals surface area (Å²) in [7, 11) is 3.30. The van der Waals surface area contributed by atoms with E-state index in [1.807, 2.05) is 42.2 Å². The van der Waals surface area contributed by atoms with Gasteiger partial charge >= 0.3 is 0 Å². The van der Waals surface area contributed by atoms with Crippen LogP contribution in [0.4, 0.5) is 0 Å². The van der Waals surface area contributed by atoms with Crippen LogP contribution in [0.3, 0.4) is 0 Å². The van der Waals surface area contributed by atoms with E-state index in [1.54, 1.807) is 14.2 Å². The summed E-state index contributed by atoms with van der Waals surface area (Å²) in [5.41, 5.74) is 7.24. The topological polar surface area (TPSA) is 64.8 Å². The van der Waals surface area contributed by atoms with Gasteiger partial charge in [0.1, 0.15) is 0 Å². The number of hydrogen-bond acceptors (Lipinski definition) is 4. The Kier molecular flexibility index (Phi) is 11.7. The lowest BCUT2D eigenvalue weighted by molar-refractivity contribution is -0.136. The average Bonchev–Trinajstić information content (AvgIpc) is 2.56. The van der Waals surface area contributed by atoms with Gasteiger partial charge in [0.15, 0.2) is 0 Å². The minimum atomic E-state index is -0.304. The quantitative estimate of drug-likeness (QED) is 0.661. The third-order valence-corrected chi connectivity index (χ3v) is 3.77. The Morgan fingerprint density at radius 1 is 1.13 bits per heavy atom. The Morgan fingerprint density at radius 3 is 2.30 bits per heavy atom. The van der Waals surface area contributed by atoms with E-state index in [4.69, 9.17) is 15.2 Å². The van der Waals surface area contributed by atoms with Crippen LogP contribution < -0.4 is 5.73 Å². The Hall–Kier alpha value is -1.14. The summed E-state index contributed by atoms with van der Waals surface area (Å²) in [5, 5.41) is 0. The van der Waals surface area contributed by atoms with Gasteiger partial charge < -0.3 is 20.1 Å². The zero-order valence-corrected chi connectivity index (χ0v) is 15.1. The van der Waals surface area contributed by atoms with Crippen molar-refractivity contribution in [3.8, 4) is 0 Å². The van der Waals surface area contributed by atoms with Gasteiger partial charge in [-0.1, -0.05) is 37.3 Å². The zero-order chi connectivity index (χ0) is 16.4. The highest BCUT2D eigenvalue weighted by atomic mass is 35.5. The molecule has 0 aliphatic carbocycles. The number of benzene rings is 1. The van der Waals surface area contributed by atoms with E-state index in [9.17, 15) is 4.79 Å². The molecule has 0 bridgehead atoms. The molecule has 1 rings (SSSR count). The summed E-state index contributed by atoms with van der Waals surface area (Å²) in [6.07, 6.45) is 0.805. The number of methoxy groups -OCH3 is 2. The molecule has 0 saturated carbocycles. The van der Waals surface area contributed by atoms with Gasteiger partial charge in [-0.2, -0.15) is 0 Å². The van der Waals surface area contributed by atoms with Gasteiger partial charge in [0.2, 0.25) is 5.91 Å². The number of amides is 1. The minimum absolute atomic E-state index is 0. The van der Waals surface area contributed by atoms with Crippen molar-refractivity contribution < 1.29 is 14.3 Å². The van der Waals surface area contributed by atoms with Crippen molar-refractivity contribution in [2.24, 2.45) is 11.7 Å². The maximum absolute atomic E-state index is 12.7. The molecule has 0 radical (unpaired) electrons. The highest BCUT2D eigenvalue weighted by Crippen LogP contribution is 2.21. The molecular formula is C17H29ClN2O3. The number of halogens is 1. The Balaban J connectivity index is 0.00000484. The van der Waals surface area contributed by atoms with E-state index in [2.05, 4.69) is 0 Å². The van der Waals surface area contributed by atoms with Crippen LogP contribution in [0, 0.1) is 5.92 Å². The van der Waals surface area contributed by atoms with Gasteiger partial charge in [-0.15, -0.1) is 12.4 Å². The van der Waals surface area contributed by atoms with Crippen LogP contribution >= 0.6 is 12.4 Å². The largest absolute Gasteiger partial charge is 0.385 e. The maximum Gasteiger partial charge on any atom is 0.227 e. The standard InChI is InChI=1S/C17H28N2O3.ClH/c1-14(16(18)15-8-5-4-6-9-15)17(20)19(11-13-22-3)10-7-12-21-2;/h4-6,8-9,14,16H,7,10-13,18H2,1-3H3;1H. The van der Waals surface area contributed by atoms with Crippen LogP contribution in [0.5, 0.6) is 0 Å². The number of hydrogen-bond donors (Lipinski definition) is 1. The molecule has 1 amide bonds. The molecule has 0 spiro atoms. The van der Waals surface area contributed by atoms with Crippen LogP contribution in [0.2, 0.25) is 0 Å². The summed E-state index contributed by atoms with van der Waals surface area (Å²) in [5.74, 6) is -0.216. The van der Waals surface area contributed by atoms with Crippen LogP contribution in [0.1, 0.15) is 24.9 Å². The van der Waals surface area contributed by atoms with Crippen LogP contribution in [0.25, 0.3) is 0 Å². The molecule has 5 nitrogen and oxygen atoms in total. The molecule has 0 fully saturated rings. The van der Waals surface area contributed by atoms with Gasteiger partial charge in [0.05, 0.1) is 12.5 Å². The molecule has 0 aliphatic heterocycles. The van der Waals surface area contributed by atoms with Crippen molar-refractivity contribution in [3.05, 3.63) is 35.9 Å². The fourth-order valence-electron chi connectivity index (χ4n) is 2.34. The lowest BCUT2D eigenvalue weighted by Crippen LogP contribution is -2.41.